The van der Waals surface area contributed by atoms with Crippen molar-refractivity contribution in [1.82, 2.24) is 4.90 Å². The molecule has 0 aliphatic heterocycles. The second kappa shape index (κ2) is 7.14. The molecule has 0 bridgehead atoms. The van der Waals surface area contributed by atoms with Crippen molar-refractivity contribution in [2.24, 2.45) is 16.8 Å². The van der Waals surface area contributed by atoms with Gasteiger partial charge in [-0.05, 0) is 37.1 Å². The van der Waals surface area contributed by atoms with Crippen LogP contribution in [-0.4, -0.2) is 29.5 Å². The van der Waals surface area contributed by atoms with Gasteiger partial charge in [-0.1, -0.05) is 37.6 Å². The third-order valence-corrected chi connectivity index (χ3v) is 3.51. The topological polar surface area (TPSA) is 61.8 Å². The Labute approximate surface area is 115 Å². The van der Waals surface area contributed by atoms with Crippen LogP contribution in [0.4, 0.5) is 0 Å². The van der Waals surface area contributed by atoms with E-state index in [9.17, 15) is 0 Å². The van der Waals surface area contributed by atoms with Crippen LogP contribution in [0.5, 0.6) is 0 Å². The quantitative estimate of drug-likeness (QED) is 0.359. The molecule has 19 heavy (non-hydrogen) atoms. The highest BCUT2D eigenvalue weighted by molar-refractivity contribution is 5.97. The van der Waals surface area contributed by atoms with E-state index in [1.54, 1.807) is 0 Å². The molecular weight excluding hydrogens is 238 g/mol. The maximum atomic E-state index is 8.67. The van der Waals surface area contributed by atoms with Crippen LogP contribution in [0.25, 0.3) is 0 Å². The smallest absolute Gasteiger partial charge is 0.170 e. The summed E-state index contributed by atoms with van der Waals surface area (Å²) in [5.74, 6) is 0.865. The maximum absolute atomic E-state index is 8.67. The predicted octanol–water partition coefficient (Wildman–Crippen LogP) is 2.57. The fourth-order valence-corrected chi connectivity index (χ4v) is 2.11. The molecule has 0 fully saturated rings. The van der Waals surface area contributed by atoms with Crippen molar-refractivity contribution in [1.29, 1.82) is 0 Å². The molecule has 0 heterocycles. The molecule has 4 nitrogen and oxygen atoms in total. The number of benzene rings is 1. The highest BCUT2D eigenvalue weighted by atomic mass is 16.4. The first-order valence-corrected chi connectivity index (χ1v) is 6.73. The van der Waals surface area contributed by atoms with Gasteiger partial charge in [0, 0.05) is 18.7 Å². The average molecular weight is 263 g/mol. The summed E-state index contributed by atoms with van der Waals surface area (Å²) in [5, 5.41) is 11.7. The van der Waals surface area contributed by atoms with Crippen molar-refractivity contribution in [3.8, 4) is 0 Å². The number of amidine groups is 1. The van der Waals surface area contributed by atoms with Crippen LogP contribution in [0.2, 0.25) is 0 Å². The molecule has 0 aliphatic carbocycles. The van der Waals surface area contributed by atoms with Gasteiger partial charge in [0.25, 0.3) is 0 Å². The van der Waals surface area contributed by atoms with Gasteiger partial charge in [0.15, 0.2) is 5.84 Å². The van der Waals surface area contributed by atoms with Crippen molar-refractivity contribution < 1.29 is 5.21 Å². The first-order valence-electron chi connectivity index (χ1n) is 6.73. The van der Waals surface area contributed by atoms with Crippen LogP contribution in [0.15, 0.2) is 23.4 Å². The summed E-state index contributed by atoms with van der Waals surface area (Å²) in [6, 6.07) is 5.91. The number of aryl methyl sites for hydroxylation is 1. The van der Waals surface area contributed by atoms with E-state index in [4.69, 9.17) is 10.9 Å². The Balaban J connectivity index is 2.75. The summed E-state index contributed by atoms with van der Waals surface area (Å²) in [5.41, 5.74) is 8.79. The van der Waals surface area contributed by atoms with Crippen molar-refractivity contribution in [2.45, 2.75) is 33.7 Å². The number of hydrogen-bond donors (Lipinski definition) is 2. The Hall–Kier alpha value is -1.55. The minimum atomic E-state index is 0.155. The van der Waals surface area contributed by atoms with Crippen molar-refractivity contribution >= 4 is 5.84 Å². The molecule has 0 saturated heterocycles. The fraction of sp³-hybridized carbons (Fsp3) is 0.533. The average Bonchev–Trinajstić information content (AvgIpc) is 2.39. The fourth-order valence-electron chi connectivity index (χ4n) is 2.11. The van der Waals surface area contributed by atoms with Gasteiger partial charge in [-0.2, -0.15) is 0 Å². The van der Waals surface area contributed by atoms with Gasteiger partial charge in [-0.3, -0.25) is 0 Å². The lowest BCUT2D eigenvalue weighted by Gasteiger charge is -2.21. The third-order valence-electron chi connectivity index (χ3n) is 3.51. The minimum Gasteiger partial charge on any atom is -0.409 e. The Morgan fingerprint density at radius 3 is 2.68 bits per heavy atom. The molecule has 1 unspecified atom stereocenters. The third kappa shape index (κ3) is 4.56. The molecule has 1 aromatic carbocycles. The minimum absolute atomic E-state index is 0.155. The maximum Gasteiger partial charge on any atom is 0.170 e. The van der Waals surface area contributed by atoms with E-state index in [-0.39, 0.29) is 5.84 Å². The second-order valence-corrected chi connectivity index (χ2v) is 5.34. The molecule has 0 saturated carbocycles. The second-order valence-electron chi connectivity index (χ2n) is 5.34. The van der Waals surface area contributed by atoms with Crippen molar-refractivity contribution in [2.75, 3.05) is 13.6 Å². The van der Waals surface area contributed by atoms with E-state index in [1.165, 1.54) is 17.5 Å². The summed E-state index contributed by atoms with van der Waals surface area (Å²) >= 11 is 0. The molecule has 3 N–H and O–H groups in total. The van der Waals surface area contributed by atoms with Gasteiger partial charge in [0.2, 0.25) is 0 Å². The van der Waals surface area contributed by atoms with Gasteiger partial charge in [-0.15, -0.1) is 0 Å². The number of hydrogen-bond acceptors (Lipinski definition) is 3. The highest BCUT2D eigenvalue weighted by Gasteiger charge is 2.08. The summed E-state index contributed by atoms with van der Waals surface area (Å²) in [7, 11) is 2.14. The highest BCUT2D eigenvalue weighted by Crippen LogP contribution is 2.14. The zero-order chi connectivity index (χ0) is 14.4. The number of oxime groups is 1. The van der Waals surface area contributed by atoms with E-state index in [0.717, 1.165) is 18.7 Å². The van der Waals surface area contributed by atoms with Crippen molar-refractivity contribution in [3.63, 3.8) is 0 Å². The molecule has 0 aliphatic rings. The molecular formula is C15H25N3O. The van der Waals surface area contributed by atoms with Crippen LogP contribution < -0.4 is 5.73 Å². The van der Waals surface area contributed by atoms with Crippen LogP contribution >= 0.6 is 0 Å². The Morgan fingerprint density at radius 2 is 2.16 bits per heavy atom. The zero-order valence-corrected chi connectivity index (χ0v) is 12.3. The normalized spacial score (nSPS) is 13.8. The molecule has 106 valence electrons. The number of nitrogens with two attached hydrogens (primary N) is 1. The monoisotopic (exact) mass is 263 g/mol. The van der Waals surface area contributed by atoms with Crippen LogP contribution in [0.1, 0.15) is 37.0 Å². The van der Waals surface area contributed by atoms with Crippen LogP contribution in [-0.2, 0) is 6.54 Å². The molecule has 1 aromatic rings. The van der Waals surface area contributed by atoms with Crippen molar-refractivity contribution in [3.05, 3.63) is 34.9 Å². The van der Waals surface area contributed by atoms with Crippen LogP contribution in [0, 0.1) is 12.8 Å². The molecule has 0 amide bonds. The Morgan fingerprint density at radius 1 is 1.47 bits per heavy atom. The SMILES string of the molecule is CCC(C)CN(C)Cc1ccc(/C(N)=N/O)cc1C. The first kappa shape index (κ1) is 15.5. The number of nitrogens with zero attached hydrogens (tertiary/aromatic N) is 2. The summed E-state index contributed by atoms with van der Waals surface area (Å²) < 4.78 is 0. The largest absolute Gasteiger partial charge is 0.409 e. The molecule has 0 radical (unpaired) electrons. The van der Waals surface area contributed by atoms with E-state index in [2.05, 4.69) is 43.9 Å². The summed E-state index contributed by atoms with van der Waals surface area (Å²) in [4.78, 5) is 2.33. The predicted molar refractivity (Wildman–Crippen MR) is 79.5 cm³/mol. The number of rotatable bonds is 6. The molecule has 1 rings (SSSR count). The van der Waals surface area contributed by atoms with Gasteiger partial charge in [0.1, 0.15) is 0 Å². The van der Waals surface area contributed by atoms with E-state index < -0.39 is 0 Å². The summed E-state index contributed by atoms with van der Waals surface area (Å²) in [6.45, 7) is 8.56. The van der Waals surface area contributed by atoms with E-state index >= 15 is 0 Å². The van der Waals surface area contributed by atoms with E-state index in [1.807, 2.05) is 12.1 Å². The van der Waals surface area contributed by atoms with Gasteiger partial charge in [-0.25, -0.2) is 0 Å². The first-order chi connectivity index (χ1) is 8.97. The molecule has 0 spiro atoms. The summed E-state index contributed by atoms with van der Waals surface area (Å²) in [6.07, 6.45) is 1.20. The molecule has 4 heteroatoms. The lowest BCUT2D eigenvalue weighted by atomic mass is 10.0. The molecule has 1 atom stereocenters. The molecule has 0 aromatic heterocycles. The van der Waals surface area contributed by atoms with Gasteiger partial charge < -0.3 is 15.8 Å². The Kier molecular flexibility index (Phi) is 5.83. The van der Waals surface area contributed by atoms with Gasteiger partial charge in [0.05, 0.1) is 0 Å². The van der Waals surface area contributed by atoms with Crippen LogP contribution in [0.3, 0.4) is 0 Å². The lowest BCUT2D eigenvalue weighted by molar-refractivity contribution is 0.275. The van der Waals surface area contributed by atoms with E-state index in [0.29, 0.717) is 5.92 Å². The Bertz CT molecular complexity index is 443. The van der Waals surface area contributed by atoms with Gasteiger partial charge >= 0.3 is 0 Å². The zero-order valence-electron chi connectivity index (χ0n) is 12.3. The standard InChI is InChI=1S/C15H25N3O/c1-5-11(2)9-18(4)10-14-7-6-13(8-12(14)3)15(16)17-19/h6-8,11,19H,5,9-10H2,1-4H3,(H2,16,17). The lowest BCUT2D eigenvalue weighted by Crippen LogP contribution is -2.24.